The minimum absolute atomic E-state index is 0.00163. The van der Waals surface area contributed by atoms with Crippen LogP contribution in [0.25, 0.3) is 0 Å². The minimum atomic E-state index is -0.143. The van der Waals surface area contributed by atoms with Crippen LogP contribution < -0.4 is 0 Å². The van der Waals surface area contributed by atoms with Gasteiger partial charge in [0.2, 0.25) is 0 Å². The number of rotatable bonds is 11. The summed E-state index contributed by atoms with van der Waals surface area (Å²) < 4.78 is 17.5. The molecule has 0 rings (SSSR count). The van der Waals surface area contributed by atoms with E-state index in [9.17, 15) is 0 Å². The first-order chi connectivity index (χ1) is 10.1. The number of ether oxygens (including phenoxy) is 3. The average Bonchev–Trinajstić information content (AvgIpc) is 2.40. The molecule has 0 aromatic carbocycles. The second-order valence-corrected chi connectivity index (χ2v) is 7.90. The van der Waals surface area contributed by atoms with Gasteiger partial charge in [-0.1, -0.05) is 34.6 Å². The fourth-order valence-corrected chi connectivity index (χ4v) is 2.06. The smallest absolute Gasteiger partial charge is 0.0784 e. The highest BCUT2D eigenvalue weighted by Gasteiger charge is 2.28. The molecule has 1 N–H and O–H groups in total. The zero-order chi connectivity index (χ0) is 17.3. The molecule has 0 amide bonds. The lowest BCUT2D eigenvalue weighted by Crippen LogP contribution is -2.36. The van der Waals surface area contributed by atoms with E-state index in [4.69, 9.17) is 19.3 Å². The molecule has 4 atom stereocenters. The molecule has 4 nitrogen and oxygen atoms in total. The van der Waals surface area contributed by atoms with E-state index in [0.717, 1.165) is 6.42 Å². The van der Waals surface area contributed by atoms with Gasteiger partial charge in [-0.05, 0) is 38.5 Å². The largest absolute Gasteiger partial charge is 0.394 e. The number of aliphatic hydroxyl groups is 1. The molecule has 0 aliphatic heterocycles. The van der Waals surface area contributed by atoms with Gasteiger partial charge >= 0.3 is 0 Å². The van der Waals surface area contributed by atoms with Gasteiger partial charge in [0.25, 0.3) is 0 Å². The summed E-state index contributed by atoms with van der Waals surface area (Å²) in [6, 6.07) is 0. The highest BCUT2D eigenvalue weighted by Crippen LogP contribution is 2.28. The van der Waals surface area contributed by atoms with Crippen molar-refractivity contribution in [1.29, 1.82) is 0 Å². The first kappa shape index (κ1) is 21.8. The van der Waals surface area contributed by atoms with Gasteiger partial charge in [-0.3, -0.25) is 0 Å². The van der Waals surface area contributed by atoms with Crippen LogP contribution in [-0.2, 0) is 14.2 Å². The molecule has 0 bridgehead atoms. The summed E-state index contributed by atoms with van der Waals surface area (Å²) in [5.41, 5.74) is 0.129. The van der Waals surface area contributed by atoms with Crippen LogP contribution in [0.4, 0.5) is 0 Å². The Bertz CT molecular complexity index is 273. The molecule has 0 aromatic heterocycles. The monoisotopic (exact) mass is 318 g/mol. The Kier molecular flexibility index (Phi) is 10.5. The van der Waals surface area contributed by atoms with Crippen LogP contribution in [0.3, 0.4) is 0 Å². The maximum Gasteiger partial charge on any atom is 0.0784 e. The molecule has 134 valence electrons. The lowest BCUT2D eigenvalue weighted by Gasteiger charge is -2.34. The summed E-state index contributed by atoms with van der Waals surface area (Å²) in [5.74, 6) is 0.615. The lowest BCUT2D eigenvalue weighted by atomic mass is 9.84. The molecular formula is C18H38O4. The summed E-state index contributed by atoms with van der Waals surface area (Å²) in [6.07, 6.45) is 1.20. The van der Waals surface area contributed by atoms with E-state index in [1.54, 1.807) is 0 Å². The van der Waals surface area contributed by atoms with E-state index < -0.39 is 0 Å². The molecule has 0 heterocycles. The highest BCUT2D eigenvalue weighted by atomic mass is 16.6. The van der Waals surface area contributed by atoms with Crippen LogP contribution in [0.2, 0.25) is 0 Å². The highest BCUT2D eigenvalue weighted by molar-refractivity contribution is 4.77. The van der Waals surface area contributed by atoms with Crippen molar-refractivity contribution in [3.05, 3.63) is 0 Å². The molecule has 4 heteroatoms. The summed E-state index contributed by atoms with van der Waals surface area (Å²) in [6.45, 7) is 18.1. The van der Waals surface area contributed by atoms with E-state index in [1.165, 1.54) is 0 Å². The van der Waals surface area contributed by atoms with Gasteiger partial charge in [0, 0.05) is 0 Å². The molecule has 0 aromatic rings. The van der Waals surface area contributed by atoms with Crippen LogP contribution in [0.1, 0.15) is 61.8 Å². The molecule has 0 saturated heterocycles. The van der Waals surface area contributed by atoms with E-state index in [-0.39, 0.29) is 36.4 Å². The normalized spacial score (nSPS) is 18.3. The topological polar surface area (TPSA) is 47.9 Å². The predicted octanol–water partition coefficient (Wildman–Crippen LogP) is 3.65. The SMILES string of the molecule is CC(C)CC(OC(C)COC(C)COC(C)CO)C(C)(C)C. The van der Waals surface area contributed by atoms with E-state index >= 15 is 0 Å². The van der Waals surface area contributed by atoms with E-state index in [1.807, 2.05) is 13.8 Å². The standard InChI is InChI=1S/C18H38O4/c1-13(2)9-17(18(6,7)8)22-16(5)12-21-15(4)11-20-14(3)10-19/h13-17,19H,9-12H2,1-8H3. The molecule has 0 radical (unpaired) electrons. The van der Waals surface area contributed by atoms with Crippen LogP contribution >= 0.6 is 0 Å². The molecule has 4 unspecified atom stereocenters. The Balaban J connectivity index is 4.16. The Labute approximate surface area is 137 Å². The zero-order valence-corrected chi connectivity index (χ0v) is 15.9. The van der Waals surface area contributed by atoms with Gasteiger partial charge in [-0.25, -0.2) is 0 Å². The fourth-order valence-electron chi connectivity index (χ4n) is 2.06. The minimum Gasteiger partial charge on any atom is -0.394 e. The van der Waals surface area contributed by atoms with Crippen molar-refractivity contribution in [3.63, 3.8) is 0 Å². The van der Waals surface area contributed by atoms with Gasteiger partial charge in [0.15, 0.2) is 0 Å². The maximum absolute atomic E-state index is 8.93. The van der Waals surface area contributed by atoms with E-state index in [0.29, 0.717) is 19.1 Å². The Morgan fingerprint density at radius 3 is 1.77 bits per heavy atom. The van der Waals surface area contributed by atoms with Gasteiger partial charge < -0.3 is 19.3 Å². The van der Waals surface area contributed by atoms with Gasteiger partial charge in [0.1, 0.15) is 0 Å². The van der Waals surface area contributed by atoms with Gasteiger partial charge in [-0.2, -0.15) is 0 Å². The Morgan fingerprint density at radius 2 is 1.32 bits per heavy atom. The van der Waals surface area contributed by atoms with Crippen molar-refractivity contribution in [1.82, 2.24) is 0 Å². The molecule has 0 aliphatic rings. The second kappa shape index (κ2) is 10.6. The summed E-state index contributed by atoms with van der Waals surface area (Å²) >= 11 is 0. The quantitative estimate of drug-likeness (QED) is 0.631. The van der Waals surface area contributed by atoms with Crippen LogP contribution in [-0.4, -0.2) is 49.3 Å². The second-order valence-electron chi connectivity index (χ2n) is 7.90. The molecule has 0 saturated carbocycles. The number of hydrogen-bond donors (Lipinski definition) is 1. The number of hydrogen-bond acceptors (Lipinski definition) is 4. The molecule has 0 spiro atoms. The van der Waals surface area contributed by atoms with Crippen molar-refractivity contribution in [2.24, 2.45) is 11.3 Å². The third-order valence-electron chi connectivity index (χ3n) is 3.54. The predicted molar refractivity (Wildman–Crippen MR) is 91.2 cm³/mol. The van der Waals surface area contributed by atoms with Crippen LogP contribution in [0, 0.1) is 11.3 Å². The third-order valence-corrected chi connectivity index (χ3v) is 3.54. The van der Waals surface area contributed by atoms with Crippen LogP contribution in [0.15, 0.2) is 0 Å². The lowest BCUT2D eigenvalue weighted by molar-refractivity contribution is -0.115. The zero-order valence-electron chi connectivity index (χ0n) is 15.9. The maximum atomic E-state index is 8.93. The first-order valence-corrected chi connectivity index (χ1v) is 8.55. The average molecular weight is 318 g/mol. The van der Waals surface area contributed by atoms with E-state index in [2.05, 4.69) is 41.5 Å². The Morgan fingerprint density at radius 1 is 0.818 bits per heavy atom. The van der Waals surface area contributed by atoms with Crippen molar-refractivity contribution < 1.29 is 19.3 Å². The van der Waals surface area contributed by atoms with Crippen molar-refractivity contribution >= 4 is 0 Å². The summed E-state index contributed by atoms with van der Waals surface area (Å²) in [5, 5.41) is 8.93. The fraction of sp³-hybridized carbons (Fsp3) is 1.00. The molecule has 0 fully saturated rings. The van der Waals surface area contributed by atoms with Crippen molar-refractivity contribution in [2.45, 2.75) is 86.2 Å². The van der Waals surface area contributed by atoms with Crippen LogP contribution in [0.5, 0.6) is 0 Å². The van der Waals surface area contributed by atoms with Gasteiger partial charge in [-0.15, -0.1) is 0 Å². The molecular weight excluding hydrogens is 280 g/mol. The Hall–Kier alpha value is -0.160. The summed E-state index contributed by atoms with van der Waals surface area (Å²) in [7, 11) is 0. The number of aliphatic hydroxyl groups excluding tert-OH is 1. The molecule has 0 aliphatic carbocycles. The molecule has 22 heavy (non-hydrogen) atoms. The van der Waals surface area contributed by atoms with Gasteiger partial charge in [0.05, 0.1) is 44.2 Å². The first-order valence-electron chi connectivity index (χ1n) is 8.55. The third kappa shape index (κ3) is 10.5. The summed E-state index contributed by atoms with van der Waals surface area (Å²) in [4.78, 5) is 0. The van der Waals surface area contributed by atoms with Crippen molar-refractivity contribution in [2.75, 3.05) is 19.8 Å². The van der Waals surface area contributed by atoms with Crippen molar-refractivity contribution in [3.8, 4) is 0 Å².